The summed E-state index contributed by atoms with van der Waals surface area (Å²) in [7, 11) is 1.46. The molecule has 1 amide bonds. The third-order valence-corrected chi connectivity index (χ3v) is 5.09. The van der Waals surface area contributed by atoms with Gasteiger partial charge in [0.05, 0.1) is 29.2 Å². The largest absolute Gasteiger partial charge is 0.355 e. The SMILES string of the molecule is CNC(=O)c1ccc(-c2cnc3ncc(Cc4ccc5ncccc5c4)n3n2)cc1F.Cl. The van der Waals surface area contributed by atoms with Crippen molar-refractivity contribution in [2.45, 2.75) is 6.42 Å². The summed E-state index contributed by atoms with van der Waals surface area (Å²) in [5.74, 6) is -0.633. The van der Waals surface area contributed by atoms with Crippen molar-refractivity contribution in [2.75, 3.05) is 7.05 Å². The lowest BCUT2D eigenvalue weighted by Crippen LogP contribution is -2.19. The number of rotatable bonds is 4. The van der Waals surface area contributed by atoms with Crippen molar-refractivity contribution in [1.82, 2.24) is 29.9 Å². The molecule has 3 aromatic heterocycles. The summed E-state index contributed by atoms with van der Waals surface area (Å²) >= 11 is 0. The van der Waals surface area contributed by atoms with E-state index in [1.54, 1.807) is 29.2 Å². The molecule has 0 unspecified atom stereocenters. The molecule has 3 heterocycles. The van der Waals surface area contributed by atoms with E-state index in [9.17, 15) is 9.18 Å². The van der Waals surface area contributed by atoms with Crippen LogP contribution in [0.2, 0.25) is 0 Å². The highest BCUT2D eigenvalue weighted by Gasteiger charge is 2.14. The second-order valence-corrected chi connectivity index (χ2v) is 7.09. The Morgan fingerprint density at radius 1 is 1.06 bits per heavy atom. The van der Waals surface area contributed by atoms with E-state index in [2.05, 4.69) is 31.4 Å². The summed E-state index contributed by atoms with van der Waals surface area (Å²) < 4.78 is 16.0. The molecule has 7 nitrogen and oxygen atoms in total. The molecule has 5 aromatic rings. The van der Waals surface area contributed by atoms with E-state index in [-0.39, 0.29) is 18.0 Å². The number of benzene rings is 2. The van der Waals surface area contributed by atoms with E-state index in [1.165, 1.54) is 19.2 Å². The van der Waals surface area contributed by atoms with Crippen LogP contribution in [0.4, 0.5) is 4.39 Å². The third kappa shape index (κ3) is 3.88. The van der Waals surface area contributed by atoms with Crippen LogP contribution in [0, 0.1) is 5.82 Å². The number of carbonyl (C=O) groups is 1. The minimum absolute atomic E-state index is 0. The fraction of sp³-hybridized carbons (Fsp3) is 0.0870. The minimum atomic E-state index is -0.616. The molecule has 32 heavy (non-hydrogen) atoms. The zero-order valence-corrected chi connectivity index (χ0v) is 17.8. The summed E-state index contributed by atoms with van der Waals surface area (Å²) in [6, 6.07) is 14.4. The van der Waals surface area contributed by atoms with Crippen LogP contribution in [-0.4, -0.2) is 37.5 Å². The molecule has 0 bridgehead atoms. The number of imidazole rings is 1. The summed E-state index contributed by atoms with van der Waals surface area (Å²) in [6.07, 6.45) is 5.66. The minimum Gasteiger partial charge on any atom is -0.355 e. The quantitative estimate of drug-likeness (QED) is 0.451. The first-order valence-electron chi connectivity index (χ1n) is 9.68. The Labute approximate surface area is 188 Å². The van der Waals surface area contributed by atoms with Crippen LogP contribution in [0.1, 0.15) is 21.6 Å². The molecule has 0 aliphatic rings. The normalized spacial score (nSPS) is 10.8. The van der Waals surface area contributed by atoms with Gasteiger partial charge in [0.2, 0.25) is 0 Å². The number of nitrogens with one attached hydrogen (secondary N) is 1. The highest BCUT2D eigenvalue weighted by Crippen LogP contribution is 2.21. The molecule has 0 saturated heterocycles. The molecule has 1 N–H and O–H groups in total. The molecule has 0 atom stereocenters. The molecule has 0 saturated carbocycles. The van der Waals surface area contributed by atoms with Gasteiger partial charge in [-0.25, -0.2) is 18.9 Å². The van der Waals surface area contributed by atoms with Gasteiger partial charge in [0.15, 0.2) is 0 Å². The van der Waals surface area contributed by atoms with E-state index in [1.807, 2.05) is 24.3 Å². The Morgan fingerprint density at radius 2 is 1.91 bits per heavy atom. The first-order chi connectivity index (χ1) is 15.1. The molecule has 0 radical (unpaired) electrons. The Hall–Kier alpha value is -3.91. The van der Waals surface area contributed by atoms with Gasteiger partial charge in [0.25, 0.3) is 11.7 Å². The lowest BCUT2D eigenvalue weighted by Gasteiger charge is -2.07. The highest BCUT2D eigenvalue weighted by atomic mass is 35.5. The number of carbonyl (C=O) groups excluding carboxylic acids is 1. The van der Waals surface area contributed by atoms with Gasteiger partial charge in [-0.1, -0.05) is 18.2 Å². The van der Waals surface area contributed by atoms with Crippen LogP contribution in [0.15, 0.2) is 67.1 Å². The summed E-state index contributed by atoms with van der Waals surface area (Å²) in [6.45, 7) is 0. The topological polar surface area (TPSA) is 85.1 Å². The van der Waals surface area contributed by atoms with Gasteiger partial charge in [-0.2, -0.15) is 5.10 Å². The molecule has 0 fully saturated rings. The predicted octanol–water partition coefficient (Wildman–Crippen LogP) is 3.85. The van der Waals surface area contributed by atoms with E-state index in [0.717, 1.165) is 22.2 Å². The zero-order valence-electron chi connectivity index (χ0n) is 17.0. The van der Waals surface area contributed by atoms with Crippen LogP contribution >= 0.6 is 12.4 Å². The van der Waals surface area contributed by atoms with Crippen molar-refractivity contribution < 1.29 is 9.18 Å². The number of hydrogen-bond donors (Lipinski definition) is 1. The summed E-state index contributed by atoms with van der Waals surface area (Å²) in [5.41, 5.74) is 3.88. The average molecular weight is 449 g/mol. The molecule has 0 spiro atoms. The monoisotopic (exact) mass is 448 g/mol. The van der Waals surface area contributed by atoms with Crippen molar-refractivity contribution in [3.8, 4) is 11.3 Å². The van der Waals surface area contributed by atoms with Crippen molar-refractivity contribution in [2.24, 2.45) is 0 Å². The second kappa shape index (κ2) is 8.68. The number of fused-ring (bicyclic) bond motifs is 2. The molecule has 0 aliphatic heterocycles. The van der Waals surface area contributed by atoms with Gasteiger partial charge < -0.3 is 5.32 Å². The maximum atomic E-state index is 14.4. The summed E-state index contributed by atoms with van der Waals surface area (Å²) in [4.78, 5) is 24.8. The lowest BCUT2D eigenvalue weighted by molar-refractivity contribution is 0.0959. The smallest absolute Gasteiger partial charge is 0.253 e. The Balaban J connectivity index is 0.00000245. The molecule has 2 aromatic carbocycles. The molecule has 5 rings (SSSR count). The Kier molecular flexibility index (Phi) is 5.79. The molecular weight excluding hydrogens is 431 g/mol. The standard InChI is InChI=1S/C23H17FN6O.ClH/c1-25-22(31)18-6-5-16(11-19(18)24)21-13-28-23-27-12-17(30(23)29-21)10-14-4-7-20-15(9-14)3-2-8-26-20;/h2-9,11-13H,10H2,1H3,(H,25,31);1H. The number of hydrogen-bond acceptors (Lipinski definition) is 5. The van der Waals surface area contributed by atoms with Crippen molar-refractivity contribution in [3.63, 3.8) is 0 Å². The molecule has 9 heteroatoms. The fourth-order valence-corrected chi connectivity index (χ4v) is 3.51. The highest BCUT2D eigenvalue weighted by molar-refractivity contribution is 5.94. The van der Waals surface area contributed by atoms with Gasteiger partial charge in [-0.05, 0) is 35.9 Å². The van der Waals surface area contributed by atoms with Crippen LogP contribution in [-0.2, 0) is 6.42 Å². The van der Waals surface area contributed by atoms with Crippen LogP contribution in [0.25, 0.3) is 27.9 Å². The second-order valence-electron chi connectivity index (χ2n) is 7.09. The van der Waals surface area contributed by atoms with Gasteiger partial charge in [0.1, 0.15) is 11.5 Å². The lowest BCUT2D eigenvalue weighted by atomic mass is 10.1. The van der Waals surface area contributed by atoms with Crippen LogP contribution < -0.4 is 5.32 Å². The number of amides is 1. The molecule has 0 aliphatic carbocycles. The van der Waals surface area contributed by atoms with Crippen molar-refractivity contribution >= 4 is 35.0 Å². The zero-order chi connectivity index (χ0) is 21.4. The first-order valence-corrected chi connectivity index (χ1v) is 9.68. The molecular formula is C23H18ClFN6O. The van der Waals surface area contributed by atoms with Gasteiger partial charge >= 0.3 is 0 Å². The fourth-order valence-electron chi connectivity index (χ4n) is 3.51. The van der Waals surface area contributed by atoms with Crippen molar-refractivity contribution in [1.29, 1.82) is 0 Å². The number of aromatic nitrogens is 5. The van der Waals surface area contributed by atoms with Gasteiger partial charge in [-0.3, -0.25) is 9.78 Å². The first kappa shape index (κ1) is 21.3. The third-order valence-electron chi connectivity index (χ3n) is 5.09. The number of nitrogens with zero attached hydrogens (tertiary/aromatic N) is 5. The predicted molar refractivity (Wildman–Crippen MR) is 121 cm³/mol. The van der Waals surface area contributed by atoms with Crippen LogP contribution in [0.5, 0.6) is 0 Å². The summed E-state index contributed by atoms with van der Waals surface area (Å²) in [5, 5.41) is 8.09. The Bertz CT molecular complexity index is 1450. The van der Waals surface area contributed by atoms with Gasteiger partial charge in [-0.15, -0.1) is 12.4 Å². The van der Waals surface area contributed by atoms with Gasteiger partial charge in [0, 0.05) is 30.6 Å². The average Bonchev–Trinajstić information content (AvgIpc) is 3.20. The maximum Gasteiger partial charge on any atom is 0.253 e. The van der Waals surface area contributed by atoms with E-state index >= 15 is 0 Å². The number of pyridine rings is 1. The molecule has 160 valence electrons. The van der Waals surface area contributed by atoms with E-state index < -0.39 is 11.7 Å². The van der Waals surface area contributed by atoms with Crippen LogP contribution in [0.3, 0.4) is 0 Å². The van der Waals surface area contributed by atoms with E-state index in [0.29, 0.717) is 23.5 Å². The Morgan fingerprint density at radius 3 is 2.72 bits per heavy atom. The van der Waals surface area contributed by atoms with E-state index in [4.69, 9.17) is 0 Å². The van der Waals surface area contributed by atoms with Crippen molar-refractivity contribution in [3.05, 3.63) is 89.8 Å². The number of halogens is 2. The maximum absolute atomic E-state index is 14.4.